The maximum atomic E-state index is 14.6. The molecular weight excluding hydrogens is 781 g/mol. The smallest absolute Gasteiger partial charge is 0.245 e. The number of rotatable bonds is 19. The molecule has 0 aliphatic carbocycles. The van der Waals surface area contributed by atoms with E-state index in [1.165, 1.54) is 0 Å². The molecular formula is C48H80N10O4. The molecule has 6 atom stereocenters. The van der Waals surface area contributed by atoms with Crippen molar-refractivity contribution in [3.63, 3.8) is 0 Å². The number of imidazole rings is 2. The number of hydrogen-bond acceptors (Lipinski definition) is 8. The third-order valence-electron chi connectivity index (χ3n) is 14.4. The summed E-state index contributed by atoms with van der Waals surface area (Å²) in [6, 6.07) is -1.53. The fourth-order valence-electron chi connectivity index (χ4n) is 10.6. The first kappa shape index (κ1) is 47.7. The number of likely N-dealkylation sites (tertiary alicyclic amines) is 2. The minimum atomic E-state index is -0.490. The molecule has 4 N–H and O–H groups in total. The van der Waals surface area contributed by atoms with Crippen LogP contribution in [0.5, 0.6) is 0 Å². The quantitative estimate of drug-likeness (QED) is 0.147. The van der Waals surface area contributed by atoms with Gasteiger partial charge in [-0.05, 0) is 93.3 Å². The second kappa shape index (κ2) is 21.7. The molecule has 14 nitrogen and oxygen atoms in total. The van der Waals surface area contributed by atoms with Gasteiger partial charge in [0.25, 0.3) is 0 Å². The Hall–Kier alpha value is -3.78. The summed E-state index contributed by atoms with van der Waals surface area (Å²) < 4.78 is 0. The Kier molecular flexibility index (Phi) is 16.7. The molecule has 4 aliphatic heterocycles. The zero-order valence-electron chi connectivity index (χ0n) is 39.4. The number of piperazine rings is 2. The topological polar surface area (TPSA) is 163 Å². The fraction of sp³-hybridized carbons (Fsp3) is 0.792. The molecule has 0 saturated carbocycles. The Labute approximate surface area is 371 Å². The van der Waals surface area contributed by atoms with Crippen molar-refractivity contribution in [2.75, 3.05) is 52.4 Å². The number of hydrogen-bond donors (Lipinski definition) is 4. The van der Waals surface area contributed by atoms with E-state index in [4.69, 9.17) is 0 Å². The summed E-state index contributed by atoms with van der Waals surface area (Å²) in [6.07, 6.45) is 15.6. The minimum Gasteiger partial charge on any atom is -0.349 e. The van der Waals surface area contributed by atoms with Gasteiger partial charge < -0.3 is 40.2 Å². The monoisotopic (exact) mass is 861 g/mol. The Morgan fingerprint density at radius 2 is 1.32 bits per heavy atom. The van der Waals surface area contributed by atoms with Crippen LogP contribution < -0.4 is 10.6 Å². The molecule has 14 heteroatoms. The van der Waals surface area contributed by atoms with Crippen LogP contribution in [0, 0.1) is 41.9 Å². The van der Waals surface area contributed by atoms with Crippen molar-refractivity contribution >= 4 is 23.6 Å². The number of piperidine rings is 2. The number of nitrogens with one attached hydrogen (secondary N) is 4. The summed E-state index contributed by atoms with van der Waals surface area (Å²) in [5.41, 5.74) is 1.07. The summed E-state index contributed by atoms with van der Waals surface area (Å²) in [5.74, 6) is 3.88. The van der Waals surface area contributed by atoms with Crippen molar-refractivity contribution in [1.29, 1.82) is 0 Å². The number of H-pyrrole nitrogens is 2. The first-order valence-electron chi connectivity index (χ1n) is 24.2. The molecule has 0 aromatic carbocycles. The Balaban J connectivity index is 1.04. The second-order valence-electron chi connectivity index (χ2n) is 20.9. The van der Waals surface area contributed by atoms with Crippen LogP contribution in [-0.2, 0) is 32.0 Å². The Bertz CT molecular complexity index is 1740. The molecule has 4 amide bonds. The van der Waals surface area contributed by atoms with E-state index in [9.17, 15) is 19.2 Å². The number of aromatic nitrogens is 4. The Morgan fingerprint density at radius 1 is 0.742 bits per heavy atom. The lowest BCUT2D eigenvalue weighted by Crippen LogP contribution is -2.62. The van der Waals surface area contributed by atoms with Crippen LogP contribution in [0.15, 0.2) is 18.6 Å². The van der Waals surface area contributed by atoms with Gasteiger partial charge in [-0.25, -0.2) is 9.97 Å². The van der Waals surface area contributed by atoms with Crippen molar-refractivity contribution in [3.8, 4) is 0 Å². The predicted octanol–water partition coefficient (Wildman–Crippen LogP) is 5.36. The van der Waals surface area contributed by atoms with Crippen LogP contribution in [0.25, 0.3) is 0 Å². The largest absolute Gasteiger partial charge is 0.349 e. The van der Waals surface area contributed by atoms with Gasteiger partial charge in [-0.15, -0.1) is 0 Å². The van der Waals surface area contributed by atoms with E-state index in [1.807, 2.05) is 38.9 Å². The lowest BCUT2D eigenvalue weighted by molar-refractivity contribution is -0.151. The highest BCUT2D eigenvalue weighted by Gasteiger charge is 2.42. The molecule has 62 heavy (non-hydrogen) atoms. The maximum absolute atomic E-state index is 14.6. The number of aryl methyl sites for hydroxylation is 1. The number of amides is 4. The van der Waals surface area contributed by atoms with Gasteiger partial charge in [-0.3, -0.25) is 19.2 Å². The van der Waals surface area contributed by atoms with Gasteiger partial charge >= 0.3 is 0 Å². The van der Waals surface area contributed by atoms with Gasteiger partial charge in [0.05, 0.1) is 17.8 Å². The molecule has 346 valence electrons. The highest BCUT2D eigenvalue weighted by molar-refractivity contribution is 5.91. The number of nitrogens with zero attached hydrogens (tertiary/aromatic N) is 6. The molecule has 4 fully saturated rings. The number of aromatic amines is 2. The van der Waals surface area contributed by atoms with Crippen molar-refractivity contribution in [1.82, 2.24) is 50.2 Å². The lowest BCUT2D eigenvalue weighted by atomic mass is 9.77. The van der Waals surface area contributed by atoms with E-state index < -0.39 is 12.1 Å². The van der Waals surface area contributed by atoms with Gasteiger partial charge in [0, 0.05) is 83.8 Å². The molecule has 4 aliphatic rings. The third kappa shape index (κ3) is 12.7. The van der Waals surface area contributed by atoms with Crippen molar-refractivity contribution in [2.45, 2.75) is 157 Å². The summed E-state index contributed by atoms with van der Waals surface area (Å²) >= 11 is 0. The summed E-state index contributed by atoms with van der Waals surface area (Å²) in [7, 11) is 0. The molecule has 2 aromatic heterocycles. The van der Waals surface area contributed by atoms with Gasteiger partial charge in [0.1, 0.15) is 23.7 Å². The van der Waals surface area contributed by atoms with Crippen LogP contribution in [0.4, 0.5) is 0 Å². The zero-order valence-corrected chi connectivity index (χ0v) is 39.4. The number of carbonyl (C=O) groups excluding carboxylic acids is 4. The average molecular weight is 861 g/mol. The first-order valence-corrected chi connectivity index (χ1v) is 24.2. The molecule has 0 radical (unpaired) electrons. The van der Waals surface area contributed by atoms with Gasteiger partial charge in [-0.2, -0.15) is 0 Å². The Morgan fingerprint density at radius 3 is 1.87 bits per heavy atom. The highest BCUT2D eigenvalue weighted by Crippen LogP contribution is 2.35. The SMILES string of the molecule is Cc1c[nH]c(CC2CCN(C(=O)[C@H](CC(C)C)N3CCN[C@@H](CC(C)CCC(C)C[C@@H](C(=O)N4CCC(C)(Cc5ncc[nH]5)CC4)N4CCN[C@@H](CC(C)C)C4=O)C3=O)CC2)n1. The molecule has 0 bridgehead atoms. The van der Waals surface area contributed by atoms with Crippen LogP contribution in [0.2, 0.25) is 0 Å². The standard InChI is InChI=1S/C48H80N10O4/c1-32(2)25-38-44(59)58(24-17-49-38)41(47(62)56-21-13-48(8,14-22-56)30-43-51-15-16-52-43)28-35(6)10-9-34(5)27-39-45(60)57(23-18-50-39)40(26-33(3)4)46(61)55-19-11-37(12-20-55)29-42-53-31-36(7)54-42/h15-16,31-35,37-41,49-50H,9-14,17-30H2,1-8H3,(H,51,52)(H,53,54)/t34?,35?,38-,39-,40-,41-/m0/s1. The maximum Gasteiger partial charge on any atom is 0.245 e. The molecule has 6 heterocycles. The minimum absolute atomic E-state index is 0.0406. The van der Waals surface area contributed by atoms with E-state index in [0.717, 1.165) is 75.1 Å². The first-order chi connectivity index (χ1) is 29.6. The van der Waals surface area contributed by atoms with Crippen molar-refractivity contribution in [2.24, 2.45) is 35.0 Å². The van der Waals surface area contributed by atoms with Crippen molar-refractivity contribution < 1.29 is 19.2 Å². The van der Waals surface area contributed by atoms with Gasteiger partial charge in [0.2, 0.25) is 23.6 Å². The average Bonchev–Trinajstić information content (AvgIpc) is 3.90. The van der Waals surface area contributed by atoms with Gasteiger partial charge in [-0.1, -0.05) is 61.3 Å². The fourth-order valence-corrected chi connectivity index (χ4v) is 10.6. The van der Waals surface area contributed by atoms with Crippen LogP contribution in [0.1, 0.15) is 130 Å². The van der Waals surface area contributed by atoms with Crippen LogP contribution >= 0.6 is 0 Å². The van der Waals surface area contributed by atoms with E-state index in [2.05, 4.69) is 79.0 Å². The lowest BCUT2D eigenvalue weighted by Gasteiger charge is -2.44. The van der Waals surface area contributed by atoms with E-state index in [0.29, 0.717) is 83.5 Å². The van der Waals surface area contributed by atoms with E-state index in [1.54, 1.807) is 6.20 Å². The summed E-state index contributed by atoms with van der Waals surface area (Å²) in [4.78, 5) is 80.5. The number of carbonyl (C=O) groups is 4. The predicted molar refractivity (Wildman–Crippen MR) is 243 cm³/mol. The van der Waals surface area contributed by atoms with E-state index >= 15 is 0 Å². The summed E-state index contributed by atoms with van der Waals surface area (Å²) in [5, 5.41) is 6.95. The van der Waals surface area contributed by atoms with Crippen LogP contribution in [0.3, 0.4) is 0 Å². The van der Waals surface area contributed by atoms with Crippen molar-refractivity contribution in [3.05, 3.63) is 35.9 Å². The molecule has 0 spiro atoms. The molecule has 6 rings (SSSR count). The molecule has 4 saturated heterocycles. The van der Waals surface area contributed by atoms with Crippen LogP contribution in [-0.4, -0.2) is 140 Å². The normalized spacial score (nSPS) is 23.6. The third-order valence-corrected chi connectivity index (χ3v) is 14.4. The highest BCUT2D eigenvalue weighted by atomic mass is 16.2. The second-order valence-corrected chi connectivity index (χ2v) is 20.9. The van der Waals surface area contributed by atoms with E-state index in [-0.39, 0.29) is 58.9 Å². The molecule has 2 aromatic rings. The van der Waals surface area contributed by atoms with Gasteiger partial charge in [0.15, 0.2) is 0 Å². The zero-order chi connectivity index (χ0) is 44.6. The molecule has 2 unspecified atom stereocenters. The summed E-state index contributed by atoms with van der Waals surface area (Å²) in [6.45, 7) is 22.5.